The van der Waals surface area contributed by atoms with Gasteiger partial charge in [0.15, 0.2) is 5.78 Å². The quantitative estimate of drug-likeness (QED) is 0.107. The Morgan fingerprint density at radius 2 is 1.81 bits per heavy atom. The minimum Gasteiger partial charge on any atom is -0.368 e. The van der Waals surface area contributed by atoms with Gasteiger partial charge in [0.05, 0.1) is 10.5 Å². The monoisotopic (exact) mass is 427 g/mol. The second kappa shape index (κ2) is 7.28. The molecule has 0 aliphatic heterocycles. The van der Waals surface area contributed by atoms with E-state index in [1.165, 1.54) is 0 Å². The summed E-state index contributed by atoms with van der Waals surface area (Å²) in [4.78, 5) is 21.6. The summed E-state index contributed by atoms with van der Waals surface area (Å²) >= 11 is 0. The summed E-state index contributed by atoms with van der Waals surface area (Å²) in [5.74, 6) is -1.89. The first-order valence-electron chi connectivity index (χ1n) is 7.03. The Bertz CT molecular complexity index is 971. The van der Waals surface area contributed by atoms with Crippen molar-refractivity contribution in [2.45, 2.75) is 32.1 Å². The van der Waals surface area contributed by atoms with Crippen LogP contribution in [0.25, 0.3) is 0 Å². The number of nitro groups is 1. The molecule has 0 aliphatic carbocycles. The second-order valence-corrected chi connectivity index (χ2v) is 12.5. The summed E-state index contributed by atoms with van der Waals surface area (Å²) in [5, 5.41) is 11.3. The zero-order valence-electron chi connectivity index (χ0n) is 14.4. The van der Waals surface area contributed by atoms with Crippen LogP contribution in [0, 0.1) is 27.4 Å². The van der Waals surface area contributed by atoms with Gasteiger partial charge in [-0.3, -0.25) is 14.9 Å². The molecule has 0 aromatic heterocycles. The Morgan fingerprint density at radius 1 is 1.30 bits per heavy atom. The standard InChI is InChI=1S/C14H13F4NO6SSi/c1-8(20)10-7-11(15)9(5-6-27(2,3)4)12(19(21)22)13(10)25-26(23,24)14(16,17)18/h7H,1-4H3. The molecule has 0 N–H and O–H groups in total. The van der Waals surface area contributed by atoms with Crippen LogP contribution >= 0.6 is 0 Å². The van der Waals surface area contributed by atoms with E-state index in [1.54, 1.807) is 19.6 Å². The zero-order chi connectivity index (χ0) is 21.4. The third-order valence-electron chi connectivity index (χ3n) is 2.81. The van der Waals surface area contributed by atoms with E-state index in [1.807, 2.05) is 0 Å². The molecule has 0 atom stereocenters. The number of alkyl halides is 3. The molecule has 0 unspecified atom stereocenters. The highest BCUT2D eigenvalue weighted by molar-refractivity contribution is 7.88. The summed E-state index contributed by atoms with van der Waals surface area (Å²) in [6.07, 6.45) is 0. The molecule has 0 bridgehead atoms. The molecular weight excluding hydrogens is 414 g/mol. The van der Waals surface area contributed by atoms with E-state index in [2.05, 4.69) is 15.6 Å². The van der Waals surface area contributed by atoms with Crippen LogP contribution in [-0.4, -0.2) is 32.7 Å². The maximum atomic E-state index is 14.3. The number of hydrogen-bond donors (Lipinski definition) is 0. The molecule has 148 valence electrons. The van der Waals surface area contributed by atoms with Gasteiger partial charge in [0.1, 0.15) is 19.5 Å². The number of Topliss-reactive ketones (excluding diaryl/α,β-unsaturated/α-hetero) is 1. The number of nitro benzene ring substituents is 1. The Morgan fingerprint density at radius 3 is 2.19 bits per heavy atom. The first-order valence-corrected chi connectivity index (χ1v) is 11.9. The average molecular weight is 427 g/mol. The number of ketones is 1. The van der Waals surface area contributed by atoms with Crippen molar-refractivity contribution in [3.8, 4) is 17.2 Å². The Hall–Kier alpha value is -2.46. The number of nitrogens with zero attached hydrogens (tertiary/aromatic N) is 1. The van der Waals surface area contributed by atoms with Crippen molar-refractivity contribution in [1.82, 2.24) is 0 Å². The minimum atomic E-state index is -6.35. The third-order valence-corrected chi connectivity index (χ3v) is 4.64. The van der Waals surface area contributed by atoms with Crippen LogP contribution in [0.1, 0.15) is 22.8 Å². The molecule has 1 aromatic rings. The molecule has 0 amide bonds. The van der Waals surface area contributed by atoms with Gasteiger partial charge < -0.3 is 4.18 Å². The molecule has 13 heteroatoms. The van der Waals surface area contributed by atoms with E-state index >= 15 is 0 Å². The highest BCUT2D eigenvalue weighted by Gasteiger charge is 2.50. The number of carbonyl (C=O) groups is 1. The molecule has 0 saturated carbocycles. The molecule has 27 heavy (non-hydrogen) atoms. The van der Waals surface area contributed by atoms with E-state index in [0.717, 1.165) is 6.92 Å². The fourth-order valence-corrected chi connectivity index (χ4v) is 2.65. The number of halogens is 4. The van der Waals surface area contributed by atoms with Gasteiger partial charge in [-0.2, -0.15) is 21.6 Å². The predicted molar refractivity (Wildman–Crippen MR) is 88.9 cm³/mol. The molecule has 0 fully saturated rings. The molecule has 0 aliphatic rings. The summed E-state index contributed by atoms with van der Waals surface area (Å²) in [7, 11) is -8.56. The molecule has 7 nitrogen and oxygen atoms in total. The van der Waals surface area contributed by atoms with Crippen molar-refractivity contribution in [2.24, 2.45) is 0 Å². The van der Waals surface area contributed by atoms with Gasteiger partial charge in [-0.25, -0.2) is 4.39 Å². The Balaban J connectivity index is 3.95. The van der Waals surface area contributed by atoms with Crippen LogP contribution in [0.2, 0.25) is 19.6 Å². The zero-order valence-corrected chi connectivity index (χ0v) is 16.2. The third kappa shape index (κ3) is 5.26. The largest absolute Gasteiger partial charge is 0.534 e. The molecule has 0 radical (unpaired) electrons. The van der Waals surface area contributed by atoms with Crippen molar-refractivity contribution >= 4 is 29.7 Å². The predicted octanol–water partition coefficient (Wildman–Crippen LogP) is 3.39. The highest BCUT2D eigenvalue weighted by Crippen LogP contribution is 2.39. The van der Waals surface area contributed by atoms with Crippen molar-refractivity contribution in [3.05, 3.63) is 33.1 Å². The summed E-state index contributed by atoms with van der Waals surface area (Å²) in [6.45, 7) is 5.87. The fourth-order valence-electron chi connectivity index (χ4n) is 1.66. The lowest BCUT2D eigenvalue weighted by Gasteiger charge is -2.13. The lowest BCUT2D eigenvalue weighted by molar-refractivity contribution is -0.385. The first kappa shape index (κ1) is 22.6. The number of rotatable bonds is 4. The van der Waals surface area contributed by atoms with Crippen LogP contribution in [0.5, 0.6) is 5.75 Å². The van der Waals surface area contributed by atoms with Gasteiger partial charge in [0, 0.05) is 0 Å². The number of carbonyl (C=O) groups excluding carboxylic acids is 1. The topological polar surface area (TPSA) is 104 Å². The number of benzene rings is 1. The SMILES string of the molecule is CC(=O)c1cc(F)c(C#C[Si](C)(C)C)c([N+](=O)[O-])c1OS(=O)(=O)C(F)(F)F. The van der Waals surface area contributed by atoms with E-state index in [-0.39, 0.29) is 0 Å². The Labute approximate surface area is 152 Å². The second-order valence-electron chi connectivity index (χ2n) is 6.26. The molecule has 0 heterocycles. The van der Waals surface area contributed by atoms with Crippen molar-refractivity contribution in [2.75, 3.05) is 0 Å². The van der Waals surface area contributed by atoms with E-state index in [0.29, 0.717) is 6.07 Å². The lowest BCUT2D eigenvalue weighted by Crippen LogP contribution is -2.29. The van der Waals surface area contributed by atoms with Gasteiger partial charge in [-0.15, -0.1) is 5.54 Å². The van der Waals surface area contributed by atoms with Crippen molar-refractivity contribution in [3.63, 3.8) is 0 Å². The van der Waals surface area contributed by atoms with Crippen LogP contribution in [0.4, 0.5) is 23.2 Å². The minimum absolute atomic E-state index is 0.352. The van der Waals surface area contributed by atoms with Gasteiger partial charge in [0.25, 0.3) is 0 Å². The van der Waals surface area contributed by atoms with Crippen LogP contribution in [0.15, 0.2) is 6.07 Å². The first-order chi connectivity index (χ1) is 12.0. The van der Waals surface area contributed by atoms with E-state index in [4.69, 9.17) is 0 Å². The average Bonchev–Trinajstić information content (AvgIpc) is 2.43. The fraction of sp³-hybridized carbons (Fsp3) is 0.357. The molecular formula is C14H13F4NO6SSi. The van der Waals surface area contributed by atoms with Crippen molar-refractivity contribution in [1.29, 1.82) is 0 Å². The van der Waals surface area contributed by atoms with E-state index < -0.39 is 62.8 Å². The van der Waals surface area contributed by atoms with Gasteiger partial charge in [-0.05, 0) is 13.0 Å². The van der Waals surface area contributed by atoms with Crippen LogP contribution in [0.3, 0.4) is 0 Å². The highest BCUT2D eigenvalue weighted by atomic mass is 32.2. The maximum Gasteiger partial charge on any atom is 0.534 e. The van der Waals surface area contributed by atoms with Gasteiger partial charge in [-0.1, -0.05) is 25.6 Å². The van der Waals surface area contributed by atoms with Gasteiger partial charge in [0.2, 0.25) is 5.75 Å². The smallest absolute Gasteiger partial charge is 0.368 e. The number of hydrogen-bond acceptors (Lipinski definition) is 6. The maximum absolute atomic E-state index is 14.3. The lowest BCUT2D eigenvalue weighted by atomic mass is 10.0. The van der Waals surface area contributed by atoms with Gasteiger partial charge >= 0.3 is 21.3 Å². The summed E-state index contributed by atoms with van der Waals surface area (Å²) < 4.78 is 78.5. The Kier molecular flexibility index (Phi) is 6.08. The normalized spacial score (nSPS) is 12.1. The van der Waals surface area contributed by atoms with Crippen LogP contribution < -0.4 is 4.18 Å². The van der Waals surface area contributed by atoms with Crippen LogP contribution in [-0.2, 0) is 10.1 Å². The van der Waals surface area contributed by atoms with E-state index in [9.17, 15) is 40.9 Å². The molecule has 1 aromatic carbocycles. The molecule has 1 rings (SSSR count). The van der Waals surface area contributed by atoms with Crippen molar-refractivity contribution < 1.29 is 39.9 Å². The molecule has 0 spiro atoms. The summed E-state index contributed by atoms with van der Waals surface area (Å²) in [5.41, 5.74) is -6.83. The summed E-state index contributed by atoms with van der Waals surface area (Å²) in [6, 6.07) is 0.352. The molecule has 0 saturated heterocycles.